The van der Waals surface area contributed by atoms with Crippen LogP contribution in [0.3, 0.4) is 0 Å². The number of nitrogen functional groups attached to an aromatic ring is 1. The zero-order chi connectivity index (χ0) is 36.3. The Labute approximate surface area is 306 Å². The summed E-state index contributed by atoms with van der Waals surface area (Å²) in [6.45, 7) is 3.41. The molecule has 0 fully saturated rings. The summed E-state index contributed by atoms with van der Waals surface area (Å²) in [5.41, 5.74) is 11.4. The molecule has 1 heterocycles. The molecule has 0 aliphatic heterocycles. The van der Waals surface area contributed by atoms with Gasteiger partial charge in [-0.05, 0) is 103 Å². The maximum Gasteiger partial charge on any atom is 0.335 e. The molecule has 268 valence electrons. The van der Waals surface area contributed by atoms with Crippen LogP contribution in [0.5, 0.6) is 5.75 Å². The van der Waals surface area contributed by atoms with E-state index in [0.29, 0.717) is 18.7 Å². The summed E-state index contributed by atoms with van der Waals surface area (Å²) in [7, 11) is 0. The van der Waals surface area contributed by atoms with Gasteiger partial charge in [0.1, 0.15) is 5.75 Å². The molecule has 4 N–H and O–H groups in total. The lowest BCUT2D eigenvalue weighted by molar-refractivity contribution is 0.0696. The van der Waals surface area contributed by atoms with E-state index in [1.54, 1.807) is 12.1 Å². The first-order valence-corrected chi connectivity index (χ1v) is 18.6. The number of unbranched alkanes of at least 4 members (excludes halogenated alkanes) is 4. The number of aromatic nitrogens is 1. The van der Waals surface area contributed by atoms with Crippen molar-refractivity contribution in [2.45, 2.75) is 77.7 Å². The molecule has 0 saturated carbocycles. The molecule has 0 radical (unpaired) electrons. The summed E-state index contributed by atoms with van der Waals surface area (Å²) in [6.07, 6.45) is 10.3. The Balaban J connectivity index is 1.32. The molecule has 0 atom stereocenters. The maximum absolute atomic E-state index is 13.2. The van der Waals surface area contributed by atoms with Crippen molar-refractivity contribution in [1.82, 2.24) is 9.99 Å². The molecule has 0 aliphatic carbocycles. The van der Waals surface area contributed by atoms with Crippen molar-refractivity contribution < 1.29 is 19.4 Å². The van der Waals surface area contributed by atoms with Gasteiger partial charge in [0.05, 0.1) is 28.8 Å². The van der Waals surface area contributed by atoms with Crippen molar-refractivity contribution in [3.05, 3.63) is 148 Å². The number of benzene rings is 5. The van der Waals surface area contributed by atoms with Crippen molar-refractivity contribution in [3.8, 4) is 5.75 Å². The van der Waals surface area contributed by atoms with Crippen molar-refractivity contribution in [3.63, 3.8) is 0 Å². The number of fused-ring (bicyclic) bond motifs is 3. The molecular formula is C45H49N3O4. The van der Waals surface area contributed by atoms with Gasteiger partial charge in [0.15, 0.2) is 0 Å². The molecule has 7 nitrogen and oxygen atoms in total. The lowest BCUT2D eigenvalue weighted by Gasteiger charge is -2.14. The number of aromatic carboxylic acids is 1. The number of carbonyl (C=O) groups is 2. The van der Waals surface area contributed by atoms with Crippen molar-refractivity contribution in [2.24, 2.45) is 5.84 Å². The van der Waals surface area contributed by atoms with Crippen LogP contribution in [0.4, 0.5) is 0 Å². The fourth-order valence-corrected chi connectivity index (χ4v) is 7.17. The summed E-state index contributed by atoms with van der Waals surface area (Å²) in [5.74, 6) is 5.23. The zero-order valence-corrected chi connectivity index (χ0v) is 30.1. The van der Waals surface area contributed by atoms with Crippen molar-refractivity contribution >= 4 is 33.7 Å². The lowest BCUT2D eigenvalue weighted by atomic mass is 10.00. The number of carbonyl (C=O) groups excluding carboxylic acids is 1. The van der Waals surface area contributed by atoms with Crippen LogP contribution >= 0.6 is 0 Å². The van der Waals surface area contributed by atoms with Crippen LogP contribution in [0.25, 0.3) is 21.8 Å². The van der Waals surface area contributed by atoms with E-state index in [1.807, 2.05) is 24.3 Å². The molecule has 52 heavy (non-hydrogen) atoms. The predicted octanol–water partition coefficient (Wildman–Crippen LogP) is 9.45. The number of aryl methyl sites for hydroxylation is 4. The SMILES string of the molecule is CCCCCCCc1cc(OCCCc2ccc(C(=O)O)cc2)cc2c3c(C(=O)NN)cccc3n(Cc3ccc(CCc4ccccc4)cc3)c12. The van der Waals surface area contributed by atoms with Gasteiger partial charge >= 0.3 is 5.97 Å². The van der Waals surface area contributed by atoms with Gasteiger partial charge in [-0.15, -0.1) is 0 Å². The molecule has 0 unspecified atom stereocenters. The minimum absolute atomic E-state index is 0.285. The second-order valence-corrected chi connectivity index (χ2v) is 13.7. The predicted molar refractivity (Wildman–Crippen MR) is 210 cm³/mol. The highest BCUT2D eigenvalue weighted by Gasteiger charge is 2.21. The number of nitrogens with one attached hydrogen (secondary N) is 1. The van der Waals surface area contributed by atoms with Gasteiger partial charge in [-0.3, -0.25) is 10.2 Å². The Hall–Kier alpha value is -5.40. The molecule has 1 amide bonds. The third-order valence-electron chi connectivity index (χ3n) is 9.95. The normalized spacial score (nSPS) is 11.3. The Morgan fingerprint density at radius 3 is 2.10 bits per heavy atom. The number of hydrogen-bond acceptors (Lipinski definition) is 4. The Kier molecular flexibility index (Phi) is 12.4. The van der Waals surface area contributed by atoms with E-state index in [-0.39, 0.29) is 11.5 Å². The van der Waals surface area contributed by atoms with Gasteiger partial charge in [-0.2, -0.15) is 0 Å². The summed E-state index contributed by atoms with van der Waals surface area (Å²) in [4.78, 5) is 24.4. The second kappa shape index (κ2) is 17.7. The number of rotatable bonds is 18. The van der Waals surface area contributed by atoms with Crippen LogP contribution in [0.15, 0.2) is 109 Å². The van der Waals surface area contributed by atoms with E-state index in [2.05, 4.69) is 89.7 Å². The number of hydrazine groups is 1. The Bertz CT molecular complexity index is 2100. The first kappa shape index (κ1) is 36.4. The van der Waals surface area contributed by atoms with Crippen LogP contribution in [-0.2, 0) is 32.2 Å². The van der Waals surface area contributed by atoms with Gasteiger partial charge in [-0.25, -0.2) is 10.6 Å². The van der Waals surface area contributed by atoms with Crippen LogP contribution in [0.1, 0.15) is 94.0 Å². The first-order valence-electron chi connectivity index (χ1n) is 18.6. The van der Waals surface area contributed by atoms with Crippen LogP contribution < -0.4 is 16.0 Å². The van der Waals surface area contributed by atoms with E-state index in [9.17, 15) is 14.7 Å². The Morgan fingerprint density at radius 2 is 1.38 bits per heavy atom. The second-order valence-electron chi connectivity index (χ2n) is 13.7. The van der Waals surface area contributed by atoms with Gasteiger partial charge in [0.2, 0.25) is 0 Å². The molecule has 7 heteroatoms. The van der Waals surface area contributed by atoms with E-state index in [0.717, 1.165) is 78.1 Å². The molecule has 1 aromatic heterocycles. The van der Waals surface area contributed by atoms with Gasteiger partial charge < -0.3 is 14.4 Å². The monoisotopic (exact) mass is 695 g/mol. The van der Waals surface area contributed by atoms with E-state index < -0.39 is 5.97 Å². The molecule has 0 saturated heterocycles. The molecule has 6 rings (SSSR count). The quantitative estimate of drug-likeness (QED) is 0.0360. The number of amides is 1. The highest BCUT2D eigenvalue weighted by Crippen LogP contribution is 2.38. The fraction of sp³-hybridized carbons (Fsp3) is 0.289. The van der Waals surface area contributed by atoms with Gasteiger partial charge in [-0.1, -0.05) is 105 Å². The van der Waals surface area contributed by atoms with Gasteiger partial charge in [0.25, 0.3) is 5.91 Å². The molecule has 0 aliphatic rings. The zero-order valence-electron chi connectivity index (χ0n) is 30.1. The van der Waals surface area contributed by atoms with Gasteiger partial charge in [0, 0.05) is 17.3 Å². The number of ether oxygens (including phenoxy) is 1. The van der Waals surface area contributed by atoms with Crippen LogP contribution in [-0.4, -0.2) is 28.2 Å². The largest absolute Gasteiger partial charge is 0.494 e. The topological polar surface area (TPSA) is 107 Å². The standard InChI is InChI=1S/C45H49N3O4/c1-2-3-4-5-9-15-37-29-38(52-28-11-14-33-24-26-36(27-25-33)45(50)51)30-40-42-39(44(49)47-46)16-10-17-41(42)48(43(37)40)31-35-22-20-34(21-23-35)19-18-32-12-7-6-8-13-32/h6-8,10,12-13,16-17,20-27,29-30H,2-5,9,11,14-15,18-19,28,31,46H2,1H3,(H,47,49)(H,50,51). The number of carboxylic acids is 1. The third kappa shape index (κ3) is 8.90. The molecule has 5 aromatic carbocycles. The smallest absolute Gasteiger partial charge is 0.335 e. The molecular weight excluding hydrogens is 647 g/mol. The number of nitrogens with two attached hydrogens (primary N) is 1. The van der Waals surface area contributed by atoms with E-state index >= 15 is 0 Å². The summed E-state index contributed by atoms with van der Waals surface area (Å²) in [5, 5.41) is 11.1. The third-order valence-corrected chi connectivity index (χ3v) is 9.95. The molecule has 0 spiro atoms. The van der Waals surface area contributed by atoms with Crippen LogP contribution in [0.2, 0.25) is 0 Å². The van der Waals surface area contributed by atoms with Crippen molar-refractivity contribution in [1.29, 1.82) is 0 Å². The molecule has 0 bridgehead atoms. The first-order chi connectivity index (χ1) is 25.4. The van der Waals surface area contributed by atoms with E-state index in [4.69, 9.17) is 10.6 Å². The highest BCUT2D eigenvalue weighted by molar-refractivity contribution is 6.19. The van der Waals surface area contributed by atoms with Crippen molar-refractivity contribution in [2.75, 3.05) is 6.61 Å². The average molecular weight is 696 g/mol. The number of carboxylic acid groups (broad SMARTS) is 1. The van der Waals surface area contributed by atoms with Crippen LogP contribution in [0, 0.1) is 0 Å². The highest BCUT2D eigenvalue weighted by atomic mass is 16.5. The fourth-order valence-electron chi connectivity index (χ4n) is 7.17. The maximum atomic E-state index is 13.2. The summed E-state index contributed by atoms with van der Waals surface area (Å²) < 4.78 is 8.79. The Morgan fingerprint density at radius 1 is 0.712 bits per heavy atom. The minimum Gasteiger partial charge on any atom is -0.494 e. The molecule has 6 aromatic rings. The number of nitrogens with zero attached hydrogens (tertiary/aromatic N) is 1. The summed E-state index contributed by atoms with van der Waals surface area (Å²) in [6, 6.07) is 36.7. The number of hydrogen-bond donors (Lipinski definition) is 3. The minimum atomic E-state index is -0.924. The lowest BCUT2D eigenvalue weighted by Crippen LogP contribution is -2.30. The summed E-state index contributed by atoms with van der Waals surface area (Å²) >= 11 is 0. The van der Waals surface area contributed by atoms with E-state index in [1.165, 1.54) is 41.5 Å². The average Bonchev–Trinajstić information content (AvgIpc) is 3.49.